The molecule has 2 aliphatic rings. The van der Waals surface area contributed by atoms with Crippen LogP contribution in [0.4, 0.5) is 0 Å². The molecule has 0 fully saturated rings. The second-order valence-corrected chi connectivity index (χ2v) is 4.07. The zero-order chi connectivity index (χ0) is 13.7. The number of nitrogens with zero attached hydrogens (tertiary/aromatic N) is 2. The number of hydrogen-bond donors (Lipinski definition) is 2. The van der Waals surface area contributed by atoms with Gasteiger partial charge in [0.05, 0.1) is 37.0 Å². The van der Waals surface area contributed by atoms with Crippen molar-refractivity contribution in [2.24, 2.45) is 21.8 Å². The van der Waals surface area contributed by atoms with E-state index in [2.05, 4.69) is 20.6 Å². The molecular weight excluding hydrogens is 495 g/mol. The maximum absolute atomic E-state index is 10.6. The van der Waals surface area contributed by atoms with Gasteiger partial charge < -0.3 is 44.1 Å². The molecule has 0 aliphatic carbocycles. The average molecular weight is 517 g/mol. The summed E-state index contributed by atoms with van der Waals surface area (Å²) in [5.41, 5.74) is 0. The largest absolute Gasteiger partial charge is 4.00 e. The number of carbonyl (C=O) groups is 2. The Bertz CT molecular complexity index is 381. The van der Waals surface area contributed by atoms with Crippen molar-refractivity contribution in [2.45, 2.75) is 13.8 Å². The Morgan fingerprint density at radius 3 is 1.30 bits per heavy atom. The molecule has 2 unspecified atom stereocenters. The van der Waals surface area contributed by atoms with Crippen LogP contribution in [-0.2, 0) is 30.7 Å². The Morgan fingerprint density at radius 1 is 0.870 bits per heavy atom. The monoisotopic (exact) mass is 517 g/mol. The van der Waals surface area contributed by atoms with Gasteiger partial charge in [-0.2, -0.15) is 0 Å². The number of aliphatic imine (C=N–C) groups is 2. The fraction of sp³-hybridized carbons (Fsp3) is 0.600. The first-order valence-corrected chi connectivity index (χ1v) is 5.44. The van der Waals surface area contributed by atoms with E-state index in [0.29, 0.717) is 13.1 Å². The molecule has 0 saturated heterocycles. The van der Waals surface area contributed by atoms with Crippen molar-refractivity contribution in [3.05, 3.63) is 12.3 Å². The summed E-state index contributed by atoms with van der Waals surface area (Å²) in [4.78, 5) is 28.2. The van der Waals surface area contributed by atoms with Gasteiger partial charge >= 0.3 is 21.1 Å². The fourth-order valence-electron chi connectivity index (χ4n) is 1.14. The molecule has 23 heavy (non-hydrogen) atoms. The molecule has 0 bridgehead atoms. The van der Waals surface area contributed by atoms with Crippen molar-refractivity contribution in [2.75, 3.05) is 13.1 Å². The maximum atomic E-state index is 10.6. The molecule has 10 N–H and O–H groups in total. The molecule has 0 aromatic carbocycles. The van der Waals surface area contributed by atoms with Gasteiger partial charge in [-0.05, 0) is 0 Å². The molecule has 2 amide bonds. The third-order valence-electron chi connectivity index (χ3n) is 2.37. The van der Waals surface area contributed by atoms with Crippen LogP contribution >= 0.6 is 0 Å². The number of nitrogens with one attached hydrogen (secondary N) is 2. The Kier molecular flexibility index (Phi) is 22.0. The Balaban J connectivity index is -0.0000000771. The van der Waals surface area contributed by atoms with Gasteiger partial charge in [-0.3, -0.25) is 19.6 Å². The SMILES string of the molecule is CC1CN=C([O-])NC1=O.CC1CN=C([O-])NC1=O.O.O.[NH2-].[NH2-].[Pt+4]. The molecule has 0 aromatic heterocycles. The van der Waals surface area contributed by atoms with E-state index in [9.17, 15) is 19.8 Å². The normalized spacial score (nSPS) is 21.1. The fourth-order valence-corrected chi connectivity index (χ4v) is 1.14. The third kappa shape index (κ3) is 11.6. The van der Waals surface area contributed by atoms with E-state index in [1.165, 1.54) is 0 Å². The zero-order valence-electron chi connectivity index (χ0n) is 12.6. The van der Waals surface area contributed by atoms with Crippen LogP contribution in [0.3, 0.4) is 0 Å². The van der Waals surface area contributed by atoms with Crippen LogP contribution in [0.1, 0.15) is 13.8 Å². The van der Waals surface area contributed by atoms with E-state index >= 15 is 0 Å². The summed E-state index contributed by atoms with van der Waals surface area (Å²) in [5.74, 6) is -0.754. The van der Waals surface area contributed by atoms with Crippen molar-refractivity contribution < 1.29 is 51.8 Å². The molecule has 2 aliphatic heterocycles. The smallest absolute Gasteiger partial charge is 0.846 e. The molecule has 138 valence electrons. The van der Waals surface area contributed by atoms with Gasteiger partial charge in [-0.1, -0.05) is 13.8 Å². The molecule has 13 heteroatoms. The topological polar surface area (TPSA) is 259 Å². The van der Waals surface area contributed by atoms with Gasteiger partial charge in [0.2, 0.25) is 11.8 Å². The third-order valence-corrected chi connectivity index (χ3v) is 2.37. The van der Waals surface area contributed by atoms with E-state index in [1.807, 2.05) is 0 Å². The predicted octanol–water partition coefficient (Wildman–Crippen LogP) is -3.28. The number of rotatable bonds is 0. The van der Waals surface area contributed by atoms with Crippen LogP contribution in [-0.4, -0.2) is 47.9 Å². The second-order valence-electron chi connectivity index (χ2n) is 4.07. The first kappa shape index (κ1) is 33.1. The van der Waals surface area contributed by atoms with Gasteiger partial charge in [-0.25, -0.2) is 0 Å². The van der Waals surface area contributed by atoms with Gasteiger partial charge in [0, 0.05) is 0 Å². The zero-order valence-corrected chi connectivity index (χ0v) is 14.8. The summed E-state index contributed by atoms with van der Waals surface area (Å²) in [6.45, 7) is 4.10. The maximum Gasteiger partial charge on any atom is 4.00 e. The van der Waals surface area contributed by atoms with Gasteiger partial charge in [0.25, 0.3) is 0 Å². The molecule has 0 spiro atoms. The van der Waals surface area contributed by atoms with E-state index in [1.54, 1.807) is 13.8 Å². The summed E-state index contributed by atoms with van der Waals surface area (Å²) in [6, 6.07) is -1.03. The van der Waals surface area contributed by atoms with Gasteiger partial charge in [-0.15, -0.1) is 0 Å². The molecule has 12 nitrogen and oxygen atoms in total. The Labute approximate surface area is 147 Å². The number of nitrogens with two attached hydrogens (primary N) is 2. The van der Waals surface area contributed by atoms with Gasteiger partial charge in [0.1, 0.15) is 0 Å². The molecule has 2 heterocycles. The number of amides is 2. The standard InChI is InChI=1S/2C5H8N2O2.2H2N.2H2O.Pt/c2*1-3-2-6-5(9)7-4(3)8;;;;;/h2*3H,2H2,1H3,(H2,6,7,8,9);4*1H2;/q;;2*-1;;;+4/p-2. The molecule has 0 radical (unpaired) electrons. The van der Waals surface area contributed by atoms with Gasteiger partial charge in [0.15, 0.2) is 0 Å². The van der Waals surface area contributed by atoms with Crippen LogP contribution < -0.4 is 20.8 Å². The molecule has 2 atom stereocenters. The number of carbonyl (C=O) groups excluding carboxylic acids is 2. The Morgan fingerprint density at radius 2 is 1.13 bits per heavy atom. The summed E-state index contributed by atoms with van der Waals surface area (Å²) in [7, 11) is 0. The van der Waals surface area contributed by atoms with E-state index < -0.39 is 12.0 Å². The van der Waals surface area contributed by atoms with Crippen LogP contribution in [0, 0.1) is 11.8 Å². The minimum Gasteiger partial charge on any atom is -0.846 e. The van der Waals surface area contributed by atoms with Crippen molar-refractivity contribution in [1.29, 1.82) is 0 Å². The number of hydrogen-bond acceptors (Lipinski definition) is 6. The molecule has 0 saturated carbocycles. The molecule has 0 aromatic rings. The predicted molar refractivity (Wildman–Crippen MR) is 77.0 cm³/mol. The summed E-state index contributed by atoms with van der Waals surface area (Å²) in [5, 5.41) is 24.8. The van der Waals surface area contributed by atoms with Crippen molar-refractivity contribution in [3.63, 3.8) is 0 Å². The van der Waals surface area contributed by atoms with Crippen molar-refractivity contribution in [3.8, 4) is 0 Å². The summed E-state index contributed by atoms with van der Waals surface area (Å²) in [6.07, 6.45) is 0. The van der Waals surface area contributed by atoms with Crippen LogP contribution in [0.15, 0.2) is 9.98 Å². The van der Waals surface area contributed by atoms with Crippen molar-refractivity contribution >= 4 is 23.9 Å². The Hall–Kier alpha value is -1.59. The van der Waals surface area contributed by atoms with E-state index in [0.717, 1.165) is 0 Å². The van der Waals surface area contributed by atoms with Crippen LogP contribution in [0.2, 0.25) is 0 Å². The minimum atomic E-state index is -0.516. The van der Waals surface area contributed by atoms with Crippen molar-refractivity contribution in [1.82, 2.24) is 10.6 Å². The minimum absolute atomic E-state index is 0. The molecule has 2 rings (SSSR count). The first-order valence-electron chi connectivity index (χ1n) is 5.44. The van der Waals surface area contributed by atoms with E-state index in [4.69, 9.17) is 0 Å². The van der Waals surface area contributed by atoms with Crippen LogP contribution in [0.5, 0.6) is 0 Å². The number of amidine groups is 2. The average Bonchev–Trinajstić information content (AvgIpc) is 2.30. The molecular formula is C10H22N6O6Pt. The summed E-state index contributed by atoms with van der Waals surface area (Å²) < 4.78 is 0. The van der Waals surface area contributed by atoms with Crippen LogP contribution in [0.25, 0.3) is 12.3 Å². The van der Waals surface area contributed by atoms with E-state index in [-0.39, 0.29) is 68.0 Å². The quantitative estimate of drug-likeness (QED) is 0.335. The second kappa shape index (κ2) is 15.3. The summed E-state index contributed by atoms with van der Waals surface area (Å²) >= 11 is 0. The first-order chi connectivity index (χ1) is 8.40.